The van der Waals surface area contributed by atoms with Crippen molar-refractivity contribution < 1.29 is 9.59 Å². The molecule has 0 bridgehead atoms. The SMILES string of the molecule is Cc1nn(Cc2ccccc2Cl)c(C)c1C=CC(=O)NC1(C(N)=O)CCCC1. The number of primary amides is 1. The van der Waals surface area contributed by atoms with Gasteiger partial charge in [0.2, 0.25) is 11.8 Å². The fraction of sp³-hybridized carbons (Fsp3) is 0.381. The first-order valence-corrected chi connectivity index (χ1v) is 9.78. The van der Waals surface area contributed by atoms with Gasteiger partial charge in [-0.1, -0.05) is 42.6 Å². The first-order chi connectivity index (χ1) is 13.3. The van der Waals surface area contributed by atoms with Crippen molar-refractivity contribution in [2.45, 2.75) is 51.6 Å². The predicted octanol–water partition coefficient (Wildman–Crippen LogP) is 3.13. The smallest absolute Gasteiger partial charge is 0.244 e. The molecule has 6 nitrogen and oxygen atoms in total. The number of halogens is 1. The molecule has 0 aliphatic heterocycles. The van der Waals surface area contributed by atoms with Crippen LogP contribution in [0.2, 0.25) is 5.02 Å². The van der Waals surface area contributed by atoms with Gasteiger partial charge in [0.15, 0.2) is 0 Å². The highest BCUT2D eigenvalue weighted by Gasteiger charge is 2.40. The molecule has 1 aliphatic carbocycles. The molecule has 1 heterocycles. The molecule has 2 aromatic rings. The van der Waals surface area contributed by atoms with Crippen molar-refractivity contribution in [2.24, 2.45) is 5.73 Å². The van der Waals surface area contributed by atoms with Crippen LogP contribution in [0.4, 0.5) is 0 Å². The van der Waals surface area contributed by atoms with Crippen LogP contribution in [-0.2, 0) is 16.1 Å². The molecule has 3 rings (SSSR count). The number of hydrogen-bond acceptors (Lipinski definition) is 3. The van der Waals surface area contributed by atoms with E-state index in [0.717, 1.165) is 35.4 Å². The van der Waals surface area contributed by atoms with Crippen molar-refractivity contribution in [3.8, 4) is 0 Å². The van der Waals surface area contributed by atoms with Crippen LogP contribution in [0.25, 0.3) is 6.08 Å². The number of aromatic nitrogens is 2. The van der Waals surface area contributed by atoms with E-state index in [1.54, 1.807) is 6.08 Å². The number of carbonyl (C=O) groups is 2. The summed E-state index contributed by atoms with van der Waals surface area (Å²) in [7, 11) is 0. The minimum Gasteiger partial charge on any atom is -0.368 e. The second-order valence-electron chi connectivity index (χ2n) is 7.31. The summed E-state index contributed by atoms with van der Waals surface area (Å²) in [5.41, 5.74) is 8.22. The number of nitrogens with two attached hydrogens (primary N) is 1. The van der Waals surface area contributed by atoms with Crippen LogP contribution >= 0.6 is 11.6 Å². The van der Waals surface area contributed by atoms with Crippen LogP contribution in [0, 0.1) is 13.8 Å². The maximum atomic E-state index is 12.4. The van der Waals surface area contributed by atoms with Gasteiger partial charge in [0.05, 0.1) is 12.2 Å². The molecule has 1 fully saturated rings. The number of nitrogens with zero attached hydrogens (tertiary/aromatic N) is 2. The summed E-state index contributed by atoms with van der Waals surface area (Å²) in [6, 6.07) is 7.65. The Hall–Kier alpha value is -2.60. The molecular formula is C21H25ClN4O2. The Balaban J connectivity index is 1.75. The van der Waals surface area contributed by atoms with Crippen molar-refractivity contribution in [3.63, 3.8) is 0 Å². The number of amides is 2. The van der Waals surface area contributed by atoms with Gasteiger partial charge in [0, 0.05) is 22.4 Å². The molecule has 0 radical (unpaired) electrons. The maximum absolute atomic E-state index is 12.4. The third kappa shape index (κ3) is 4.12. The Morgan fingerprint density at radius 3 is 2.61 bits per heavy atom. The normalized spacial score (nSPS) is 15.8. The summed E-state index contributed by atoms with van der Waals surface area (Å²) in [5.74, 6) is -0.787. The largest absolute Gasteiger partial charge is 0.368 e. The monoisotopic (exact) mass is 400 g/mol. The van der Waals surface area contributed by atoms with Gasteiger partial charge in [-0.3, -0.25) is 14.3 Å². The quantitative estimate of drug-likeness (QED) is 0.730. The van der Waals surface area contributed by atoms with Crippen molar-refractivity contribution in [2.75, 3.05) is 0 Å². The molecule has 28 heavy (non-hydrogen) atoms. The van der Waals surface area contributed by atoms with E-state index in [9.17, 15) is 9.59 Å². The van der Waals surface area contributed by atoms with E-state index in [-0.39, 0.29) is 5.91 Å². The van der Waals surface area contributed by atoms with Gasteiger partial charge >= 0.3 is 0 Å². The van der Waals surface area contributed by atoms with Gasteiger partial charge in [0.1, 0.15) is 5.54 Å². The molecule has 0 spiro atoms. The molecule has 3 N–H and O–H groups in total. The number of carbonyl (C=O) groups excluding carboxylic acids is 2. The van der Waals surface area contributed by atoms with Crippen molar-refractivity contribution in [1.82, 2.24) is 15.1 Å². The van der Waals surface area contributed by atoms with Crippen LogP contribution in [-0.4, -0.2) is 27.1 Å². The first kappa shape index (κ1) is 20.1. The lowest BCUT2D eigenvalue weighted by molar-refractivity contribution is -0.129. The Kier molecular flexibility index (Phi) is 5.89. The second-order valence-corrected chi connectivity index (χ2v) is 7.72. The average Bonchev–Trinajstić information content (AvgIpc) is 3.22. The van der Waals surface area contributed by atoms with E-state index in [2.05, 4.69) is 10.4 Å². The van der Waals surface area contributed by atoms with Gasteiger partial charge in [-0.15, -0.1) is 0 Å². The highest BCUT2D eigenvalue weighted by molar-refractivity contribution is 6.31. The molecule has 2 amide bonds. The molecule has 7 heteroatoms. The first-order valence-electron chi connectivity index (χ1n) is 9.40. The molecule has 1 aromatic heterocycles. The summed E-state index contributed by atoms with van der Waals surface area (Å²) in [4.78, 5) is 24.2. The minimum absolute atomic E-state index is 0.321. The van der Waals surface area contributed by atoms with Gasteiger partial charge in [-0.05, 0) is 44.4 Å². The van der Waals surface area contributed by atoms with E-state index < -0.39 is 11.4 Å². The predicted molar refractivity (Wildman–Crippen MR) is 110 cm³/mol. The molecule has 1 aliphatic rings. The summed E-state index contributed by atoms with van der Waals surface area (Å²) in [5, 5.41) is 8.08. The third-order valence-electron chi connectivity index (χ3n) is 5.41. The molecule has 0 unspecified atom stereocenters. The molecule has 148 valence electrons. The van der Waals surface area contributed by atoms with E-state index >= 15 is 0 Å². The number of nitrogens with one attached hydrogen (secondary N) is 1. The maximum Gasteiger partial charge on any atom is 0.244 e. The summed E-state index contributed by atoms with van der Waals surface area (Å²) in [6.45, 7) is 4.41. The average molecular weight is 401 g/mol. The second kappa shape index (κ2) is 8.19. The van der Waals surface area contributed by atoms with Crippen LogP contribution < -0.4 is 11.1 Å². The zero-order chi connectivity index (χ0) is 20.3. The summed E-state index contributed by atoms with van der Waals surface area (Å²) < 4.78 is 1.87. The van der Waals surface area contributed by atoms with Crippen molar-refractivity contribution in [3.05, 3.63) is 57.9 Å². The minimum atomic E-state index is -0.917. The van der Waals surface area contributed by atoms with E-state index in [1.165, 1.54) is 6.08 Å². The van der Waals surface area contributed by atoms with Crippen molar-refractivity contribution >= 4 is 29.5 Å². The lowest BCUT2D eigenvalue weighted by Crippen LogP contribution is -2.55. The van der Waals surface area contributed by atoms with E-state index in [0.29, 0.717) is 24.4 Å². The van der Waals surface area contributed by atoms with Crippen LogP contribution in [0.15, 0.2) is 30.3 Å². The van der Waals surface area contributed by atoms with Gasteiger partial charge in [-0.2, -0.15) is 5.10 Å². The standard InChI is InChI=1S/C21H25ClN4O2/c1-14-17(9-10-19(27)24-21(20(23)28)11-5-6-12-21)15(2)26(25-14)13-16-7-3-4-8-18(16)22/h3-4,7-10H,5-6,11-13H2,1-2H3,(H2,23,28)(H,24,27). The Morgan fingerprint density at radius 1 is 1.29 bits per heavy atom. The fourth-order valence-corrected chi connectivity index (χ4v) is 3.94. The van der Waals surface area contributed by atoms with E-state index in [4.69, 9.17) is 17.3 Å². The Morgan fingerprint density at radius 2 is 1.96 bits per heavy atom. The van der Waals surface area contributed by atoms with Crippen molar-refractivity contribution in [1.29, 1.82) is 0 Å². The number of hydrogen-bond donors (Lipinski definition) is 2. The number of benzene rings is 1. The molecular weight excluding hydrogens is 376 g/mol. The third-order valence-corrected chi connectivity index (χ3v) is 5.78. The fourth-order valence-electron chi connectivity index (χ4n) is 3.74. The topological polar surface area (TPSA) is 90.0 Å². The summed E-state index contributed by atoms with van der Waals surface area (Å²) in [6.07, 6.45) is 6.14. The molecule has 0 saturated heterocycles. The number of rotatable bonds is 6. The number of aryl methyl sites for hydroxylation is 1. The zero-order valence-corrected chi connectivity index (χ0v) is 16.9. The van der Waals surface area contributed by atoms with Crippen LogP contribution in [0.3, 0.4) is 0 Å². The van der Waals surface area contributed by atoms with Gasteiger partial charge in [0.25, 0.3) is 0 Å². The highest BCUT2D eigenvalue weighted by atomic mass is 35.5. The van der Waals surface area contributed by atoms with Crippen LogP contribution in [0.1, 0.15) is 48.2 Å². The van der Waals surface area contributed by atoms with E-state index in [1.807, 2.05) is 42.8 Å². The lowest BCUT2D eigenvalue weighted by Gasteiger charge is -2.25. The zero-order valence-electron chi connectivity index (χ0n) is 16.2. The Labute approximate surface area is 169 Å². The van der Waals surface area contributed by atoms with Crippen LogP contribution in [0.5, 0.6) is 0 Å². The Bertz CT molecular complexity index is 926. The molecule has 1 saturated carbocycles. The molecule has 1 aromatic carbocycles. The van der Waals surface area contributed by atoms with Gasteiger partial charge in [-0.25, -0.2) is 0 Å². The van der Waals surface area contributed by atoms with Gasteiger partial charge < -0.3 is 11.1 Å². The molecule has 0 atom stereocenters. The summed E-state index contributed by atoms with van der Waals surface area (Å²) >= 11 is 6.25. The lowest BCUT2D eigenvalue weighted by atomic mass is 9.96. The highest BCUT2D eigenvalue weighted by Crippen LogP contribution is 2.29.